The van der Waals surface area contributed by atoms with Gasteiger partial charge in [-0.1, -0.05) is 29.2 Å². The van der Waals surface area contributed by atoms with Gasteiger partial charge in [-0.25, -0.2) is 0 Å². The van der Waals surface area contributed by atoms with E-state index in [1.165, 1.54) is 6.26 Å². The molecule has 2 nitrogen and oxygen atoms in total. The molecular weight excluding hydrogens is 207 g/mol. The summed E-state index contributed by atoms with van der Waals surface area (Å²) >= 11 is 2.09. The first-order valence-corrected chi connectivity index (χ1v) is 3.30. The van der Waals surface area contributed by atoms with Crippen LogP contribution < -0.4 is 0 Å². The van der Waals surface area contributed by atoms with Gasteiger partial charge in [0.15, 0.2) is 6.79 Å². The number of halogens is 1. The van der Waals surface area contributed by atoms with Crippen molar-refractivity contribution in [1.29, 1.82) is 0 Å². The van der Waals surface area contributed by atoms with Crippen LogP contribution in [0.4, 0.5) is 0 Å². The predicted octanol–water partition coefficient (Wildman–Crippen LogP) is 1.51. The SMILES string of the molecule is C=COCOCI. The molecule has 0 heterocycles. The van der Waals surface area contributed by atoms with Crippen LogP contribution in [0.15, 0.2) is 12.8 Å². The van der Waals surface area contributed by atoms with Gasteiger partial charge in [-0.05, 0) is 0 Å². The molecule has 0 aliphatic heterocycles. The molecule has 3 heteroatoms. The first kappa shape index (κ1) is 7.23. The molecule has 0 aromatic heterocycles. The number of alkyl halides is 1. The highest BCUT2D eigenvalue weighted by molar-refractivity contribution is 14.1. The largest absolute Gasteiger partial charge is 0.476 e. The van der Waals surface area contributed by atoms with Crippen molar-refractivity contribution in [3.8, 4) is 0 Å². The highest BCUT2D eigenvalue weighted by atomic mass is 127. The highest BCUT2D eigenvalue weighted by Gasteiger charge is 1.74. The van der Waals surface area contributed by atoms with Gasteiger partial charge in [-0.3, -0.25) is 0 Å². The summed E-state index contributed by atoms with van der Waals surface area (Å²) in [6, 6.07) is 0. The fourth-order valence-corrected chi connectivity index (χ4v) is 0.308. The Balaban J connectivity index is 2.56. The van der Waals surface area contributed by atoms with Crippen LogP contribution >= 0.6 is 22.6 Å². The van der Waals surface area contributed by atoms with Crippen LogP contribution in [0, 0.1) is 0 Å². The van der Waals surface area contributed by atoms with Crippen LogP contribution in [0.3, 0.4) is 0 Å². The standard InChI is InChI=1S/C4H7IO2/c1-2-6-4-7-3-5/h2H,1,3-4H2. The highest BCUT2D eigenvalue weighted by Crippen LogP contribution is 1.83. The van der Waals surface area contributed by atoms with E-state index in [1.807, 2.05) is 0 Å². The summed E-state index contributed by atoms with van der Waals surface area (Å²) in [6.07, 6.45) is 1.35. The van der Waals surface area contributed by atoms with Gasteiger partial charge in [0, 0.05) is 0 Å². The van der Waals surface area contributed by atoms with Crippen molar-refractivity contribution in [1.82, 2.24) is 0 Å². The minimum absolute atomic E-state index is 0.312. The molecule has 0 aliphatic rings. The van der Waals surface area contributed by atoms with Crippen molar-refractivity contribution < 1.29 is 9.47 Å². The minimum atomic E-state index is 0.312. The Morgan fingerprint density at radius 2 is 2.43 bits per heavy atom. The molecule has 0 atom stereocenters. The van der Waals surface area contributed by atoms with Crippen molar-refractivity contribution in [3.63, 3.8) is 0 Å². The van der Waals surface area contributed by atoms with Gasteiger partial charge < -0.3 is 9.47 Å². The molecule has 0 unspecified atom stereocenters. The zero-order valence-corrected chi connectivity index (χ0v) is 6.05. The third-order valence-electron chi connectivity index (χ3n) is 0.346. The number of hydrogen-bond acceptors (Lipinski definition) is 2. The fraction of sp³-hybridized carbons (Fsp3) is 0.500. The van der Waals surface area contributed by atoms with E-state index in [2.05, 4.69) is 33.9 Å². The van der Waals surface area contributed by atoms with Crippen LogP contribution in [-0.2, 0) is 9.47 Å². The van der Waals surface area contributed by atoms with Crippen LogP contribution in [-0.4, -0.2) is 11.4 Å². The summed E-state index contributed by atoms with van der Waals surface area (Å²) in [4.78, 5) is 0. The Bertz CT molecular complexity index is 47.0. The van der Waals surface area contributed by atoms with Crippen molar-refractivity contribution in [2.24, 2.45) is 0 Å². The van der Waals surface area contributed by atoms with Crippen molar-refractivity contribution in [3.05, 3.63) is 12.8 Å². The third kappa shape index (κ3) is 6.23. The molecular formula is C4H7IO2. The maximum atomic E-state index is 4.77. The number of ether oxygens (including phenoxy) is 2. The third-order valence-corrected chi connectivity index (χ3v) is 0.787. The van der Waals surface area contributed by atoms with Crippen LogP contribution in [0.1, 0.15) is 0 Å². The second-order valence-corrected chi connectivity index (χ2v) is 1.39. The molecule has 0 rings (SSSR count). The maximum absolute atomic E-state index is 4.77. The summed E-state index contributed by atoms with van der Waals surface area (Å²) in [6.45, 7) is 3.64. The first-order chi connectivity index (χ1) is 3.41. The minimum Gasteiger partial charge on any atom is -0.476 e. The zero-order valence-electron chi connectivity index (χ0n) is 3.89. The molecule has 0 saturated heterocycles. The lowest BCUT2D eigenvalue weighted by molar-refractivity contribution is 0.0164. The second-order valence-electron chi connectivity index (χ2n) is 0.764. The van der Waals surface area contributed by atoms with Gasteiger partial charge in [0.2, 0.25) is 0 Å². The Morgan fingerprint density at radius 1 is 1.71 bits per heavy atom. The molecule has 42 valence electrons. The monoisotopic (exact) mass is 214 g/mol. The molecule has 0 amide bonds. The molecule has 0 N–H and O–H groups in total. The summed E-state index contributed by atoms with van der Waals surface area (Å²) in [5.41, 5.74) is 0. The van der Waals surface area contributed by atoms with E-state index in [0.29, 0.717) is 11.4 Å². The smallest absolute Gasteiger partial charge is 0.189 e. The molecule has 0 fully saturated rings. The van der Waals surface area contributed by atoms with E-state index in [-0.39, 0.29) is 0 Å². The van der Waals surface area contributed by atoms with Gasteiger partial charge in [0.05, 0.1) is 6.26 Å². The Morgan fingerprint density at radius 3 is 2.86 bits per heavy atom. The second kappa shape index (κ2) is 6.23. The lowest BCUT2D eigenvalue weighted by Gasteiger charge is -1.95. The first-order valence-electron chi connectivity index (χ1n) is 1.78. The van der Waals surface area contributed by atoms with Crippen LogP contribution in [0.2, 0.25) is 0 Å². The van der Waals surface area contributed by atoms with Crippen molar-refractivity contribution in [2.45, 2.75) is 0 Å². The maximum Gasteiger partial charge on any atom is 0.189 e. The summed E-state index contributed by atoms with van der Waals surface area (Å²) in [7, 11) is 0. The molecule has 0 bridgehead atoms. The molecule has 7 heavy (non-hydrogen) atoms. The van der Waals surface area contributed by atoms with E-state index >= 15 is 0 Å². The van der Waals surface area contributed by atoms with Gasteiger partial charge in [-0.2, -0.15) is 0 Å². The summed E-state index contributed by atoms with van der Waals surface area (Å²) in [5.74, 6) is 0. The van der Waals surface area contributed by atoms with Crippen molar-refractivity contribution in [2.75, 3.05) is 11.4 Å². The average molecular weight is 214 g/mol. The zero-order chi connectivity index (χ0) is 5.54. The van der Waals surface area contributed by atoms with Gasteiger partial charge in [0.25, 0.3) is 0 Å². The van der Waals surface area contributed by atoms with E-state index in [9.17, 15) is 0 Å². The Kier molecular flexibility index (Phi) is 6.43. The molecule has 0 aromatic carbocycles. The van der Waals surface area contributed by atoms with Crippen LogP contribution in [0.5, 0.6) is 0 Å². The van der Waals surface area contributed by atoms with Crippen molar-refractivity contribution >= 4 is 22.6 Å². The summed E-state index contributed by atoms with van der Waals surface area (Å²) in [5, 5.41) is 0. The lowest BCUT2D eigenvalue weighted by Crippen LogP contribution is -1.90. The molecule has 0 aliphatic carbocycles. The molecule has 0 spiro atoms. The van der Waals surface area contributed by atoms with E-state index in [1.54, 1.807) is 0 Å². The van der Waals surface area contributed by atoms with E-state index in [4.69, 9.17) is 4.74 Å². The molecule has 0 aromatic rings. The normalized spacial score (nSPS) is 8.14. The Hall–Kier alpha value is 0.230. The van der Waals surface area contributed by atoms with Gasteiger partial charge in [-0.15, -0.1) is 0 Å². The van der Waals surface area contributed by atoms with Gasteiger partial charge in [0.1, 0.15) is 4.61 Å². The van der Waals surface area contributed by atoms with E-state index in [0.717, 1.165) is 0 Å². The molecule has 0 saturated carbocycles. The number of rotatable bonds is 4. The summed E-state index contributed by atoms with van der Waals surface area (Å²) < 4.78 is 10.0. The van der Waals surface area contributed by atoms with Crippen LogP contribution in [0.25, 0.3) is 0 Å². The average Bonchev–Trinajstić information content (AvgIpc) is 1.69. The van der Waals surface area contributed by atoms with Gasteiger partial charge >= 0.3 is 0 Å². The fourth-order valence-electron chi connectivity index (χ4n) is 0.128. The quantitative estimate of drug-likeness (QED) is 0.232. The topological polar surface area (TPSA) is 18.5 Å². The van der Waals surface area contributed by atoms with E-state index < -0.39 is 0 Å². The lowest BCUT2D eigenvalue weighted by atomic mass is 11.1. The predicted molar refractivity (Wildman–Crippen MR) is 36.1 cm³/mol. The molecule has 0 radical (unpaired) electrons. The Labute approximate surface area is 56.6 Å². The number of hydrogen-bond donors (Lipinski definition) is 0.